The summed E-state index contributed by atoms with van der Waals surface area (Å²) >= 11 is 1.80. The van der Waals surface area contributed by atoms with Crippen molar-refractivity contribution >= 4 is 34.3 Å². The van der Waals surface area contributed by atoms with Gasteiger partial charge in [0.25, 0.3) is 5.56 Å². The molecule has 2 rings (SSSR count). The lowest BCUT2D eigenvalue weighted by atomic mass is 10.2. The fraction of sp³-hybridized carbons (Fsp3) is 0.385. The van der Waals surface area contributed by atoms with Gasteiger partial charge in [0.15, 0.2) is 0 Å². The largest absolute Gasteiger partial charge is 0.399 e. The topological polar surface area (TPSA) is 83.8 Å². The fourth-order valence-corrected chi connectivity index (χ4v) is 2.41. The lowest BCUT2D eigenvalue weighted by Gasteiger charge is -2.13. The standard InChI is InChI=1S/C13H18N4OS/c1-8(5-6-19-2)15-13-16-11-4-3-9(14)7-10(11)12(18)17-13/h3-4,7-8H,5-6,14H2,1-2H3,(H2,15,16,17,18). The van der Waals surface area contributed by atoms with Gasteiger partial charge in [-0.2, -0.15) is 11.8 Å². The number of H-pyrrole nitrogens is 1. The normalized spacial score (nSPS) is 12.5. The molecular formula is C13H18N4OS. The summed E-state index contributed by atoms with van der Waals surface area (Å²) < 4.78 is 0. The number of nitrogen functional groups attached to an aromatic ring is 1. The first-order valence-electron chi connectivity index (χ1n) is 6.15. The molecule has 0 aliphatic rings. The highest BCUT2D eigenvalue weighted by atomic mass is 32.2. The molecule has 5 nitrogen and oxygen atoms in total. The lowest BCUT2D eigenvalue weighted by molar-refractivity contribution is 0.760. The van der Waals surface area contributed by atoms with Gasteiger partial charge in [-0.05, 0) is 43.6 Å². The minimum Gasteiger partial charge on any atom is -0.399 e. The van der Waals surface area contributed by atoms with Gasteiger partial charge in [-0.1, -0.05) is 0 Å². The van der Waals surface area contributed by atoms with Gasteiger partial charge in [-0.15, -0.1) is 0 Å². The van der Waals surface area contributed by atoms with E-state index in [9.17, 15) is 4.79 Å². The van der Waals surface area contributed by atoms with Crippen LogP contribution >= 0.6 is 11.8 Å². The second-order valence-electron chi connectivity index (χ2n) is 4.52. The fourth-order valence-electron chi connectivity index (χ4n) is 1.82. The van der Waals surface area contributed by atoms with Gasteiger partial charge in [0.1, 0.15) is 0 Å². The van der Waals surface area contributed by atoms with Crippen molar-refractivity contribution in [2.75, 3.05) is 23.1 Å². The zero-order valence-corrected chi connectivity index (χ0v) is 11.9. The van der Waals surface area contributed by atoms with Crippen LogP contribution in [0.1, 0.15) is 13.3 Å². The Morgan fingerprint density at radius 3 is 3.05 bits per heavy atom. The van der Waals surface area contributed by atoms with Crippen LogP contribution in [0.15, 0.2) is 23.0 Å². The summed E-state index contributed by atoms with van der Waals surface area (Å²) in [6.07, 6.45) is 3.10. The van der Waals surface area contributed by atoms with Crippen molar-refractivity contribution in [1.29, 1.82) is 0 Å². The molecular weight excluding hydrogens is 260 g/mol. The molecule has 102 valence electrons. The molecule has 19 heavy (non-hydrogen) atoms. The number of aromatic nitrogens is 2. The van der Waals surface area contributed by atoms with Crippen molar-refractivity contribution in [3.8, 4) is 0 Å². The Morgan fingerprint density at radius 1 is 1.53 bits per heavy atom. The first-order valence-corrected chi connectivity index (χ1v) is 7.54. The van der Waals surface area contributed by atoms with Crippen LogP contribution < -0.4 is 16.6 Å². The highest BCUT2D eigenvalue weighted by Gasteiger charge is 2.07. The third-order valence-corrected chi connectivity index (χ3v) is 3.51. The quantitative estimate of drug-likeness (QED) is 0.729. The average molecular weight is 278 g/mol. The zero-order chi connectivity index (χ0) is 13.8. The van der Waals surface area contributed by atoms with Gasteiger partial charge >= 0.3 is 0 Å². The van der Waals surface area contributed by atoms with E-state index in [0.717, 1.165) is 12.2 Å². The van der Waals surface area contributed by atoms with Crippen molar-refractivity contribution in [2.45, 2.75) is 19.4 Å². The van der Waals surface area contributed by atoms with Gasteiger partial charge in [0.05, 0.1) is 10.9 Å². The summed E-state index contributed by atoms with van der Waals surface area (Å²) in [6.45, 7) is 2.07. The van der Waals surface area contributed by atoms with Gasteiger partial charge in [0, 0.05) is 11.7 Å². The molecule has 0 aliphatic carbocycles. The Kier molecular flexibility index (Phi) is 4.31. The van der Waals surface area contributed by atoms with E-state index in [4.69, 9.17) is 5.73 Å². The van der Waals surface area contributed by atoms with Crippen molar-refractivity contribution in [3.05, 3.63) is 28.6 Å². The van der Waals surface area contributed by atoms with Crippen LogP contribution in [0.5, 0.6) is 0 Å². The van der Waals surface area contributed by atoms with E-state index in [1.165, 1.54) is 0 Å². The van der Waals surface area contributed by atoms with Crippen LogP contribution in [-0.4, -0.2) is 28.0 Å². The monoisotopic (exact) mass is 278 g/mol. The summed E-state index contributed by atoms with van der Waals surface area (Å²) in [5.74, 6) is 1.58. The molecule has 1 heterocycles. The summed E-state index contributed by atoms with van der Waals surface area (Å²) in [7, 11) is 0. The van der Waals surface area contributed by atoms with E-state index < -0.39 is 0 Å². The molecule has 0 saturated carbocycles. The van der Waals surface area contributed by atoms with E-state index in [1.54, 1.807) is 30.0 Å². The number of anilines is 2. The number of aromatic amines is 1. The maximum absolute atomic E-state index is 12.0. The maximum Gasteiger partial charge on any atom is 0.260 e. The van der Waals surface area contributed by atoms with E-state index in [1.807, 2.05) is 0 Å². The molecule has 0 bridgehead atoms. The Balaban J connectivity index is 2.26. The molecule has 6 heteroatoms. The number of rotatable bonds is 5. The summed E-state index contributed by atoms with van der Waals surface area (Å²) in [5, 5.41) is 3.73. The van der Waals surface area contributed by atoms with Gasteiger partial charge < -0.3 is 11.1 Å². The van der Waals surface area contributed by atoms with E-state index >= 15 is 0 Å². The molecule has 4 N–H and O–H groups in total. The number of hydrogen-bond donors (Lipinski definition) is 3. The van der Waals surface area contributed by atoms with Gasteiger partial charge in [-0.3, -0.25) is 9.78 Å². The summed E-state index contributed by atoms with van der Waals surface area (Å²) in [6, 6.07) is 5.41. The smallest absolute Gasteiger partial charge is 0.260 e. The molecule has 0 saturated heterocycles. The first-order chi connectivity index (χ1) is 9.10. The summed E-state index contributed by atoms with van der Waals surface area (Å²) in [4.78, 5) is 19.1. The Bertz CT molecular complexity index is 626. The maximum atomic E-state index is 12.0. The molecule has 0 aliphatic heterocycles. The van der Waals surface area contributed by atoms with Crippen LogP contribution in [0.25, 0.3) is 10.9 Å². The van der Waals surface area contributed by atoms with Crippen LogP contribution in [0, 0.1) is 0 Å². The minimum atomic E-state index is -0.170. The number of nitrogens with zero attached hydrogens (tertiary/aromatic N) is 1. The molecule has 0 fully saturated rings. The number of hydrogen-bond acceptors (Lipinski definition) is 5. The Hall–Kier alpha value is -1.69. The predicted molar refractivity (Wildman–Crippen MR) is 82.9 cm³/mol. The highest BCUT2D eigenvalue weighted by Crippen LogP contribution is 2.13. The van der Waals surface area contributed by atoms with Crippen molar-refractivity contribution in [2.24, 2.45) is 0 Å². The molecule has 1 aromatic heterocycles. The number of fused-ring (bicyclic) bond motifs is 1. The molecule has 1 unspecified atom stereocenters. The van der Waals surface area contributed by atoms with Gasteiger partial charge in [-0.25, -0.2) is 4.98 Å². The van der Waals surface area contributed by atoms with Gasteiger partial charge in [0.2, 0.25) is 5.95 Å². The highest BCUT2D eigenvalue weighted by molar-refractivity contribution is 7.98. The predicted octanol–water partition coefficient (Wildman–Crippen LogP) is 2.06. The van der Waals surface area contributed by atoms with Crippen LogP contribution in [0.2, 0.25) is 0 Å². The van der Waals surface area contributed by atoms with Crippen LogP contribution in [-0.2, 0) is 0 Å². The third kappa shape index (κ3) is 3.41. The van der Waals surface area contributed by atoms with Crippen LogP contribution in [0.3, 0.4) is 0 Å². The number of benzene rings is 1. The zero-order valence-electron chi connectivity index (χ0n) is 11.1. The lowest BCUT2D eigenvalue weighted by Crippen LogP contribution is -2.21. The Labute approximate surface area is 116 Å². The minimum absolute atomic E-state index is 0.170. The number of thioether (sulfide) groups is 1. The molecule has 0 amide bonds. The molecule has 2 aromatic rings. The Morgan fingerprint density at radius 2 is 2.32 bits per heavy atom. The third-order valence-electron chi connectivity index (χ3n) is 2.87. The molecule has 0 radical (unpaired) electrons. The second kappa shape index (κ2) is 5.97. The number of nitrogens with two attached hydrogens (primary N) is 1. The van der Waals surface area contributed by atoms with E-state index in [0.29, 0.717) is 22.5 Å². The van der Waals surface area contributed by atoms with Crippen molar-refractivity contribution < 1.29 is 0 Å². The average Bonchev–Trinajstić information content (AvgIpc) is 2.37. The van der Waals surface area contributed by atoms with E-state index in [2.05, 4.69) is 28.5 Å². The molecule has 0 spiro atoms. The van der Waals surface area contributed by atoms with E-state index in [-0.39, 0.29) is 11.6 Å². The second-order valence-corrected chi connectivity index (χ2v) is 5.50. The molecule has 1 atom stereocenters. The van der Waals surface area contributed by atoms with Crippen molar-refractivity contribution in [1.82, 2.24) is 9.97 Å². The summed E-state index contributed by atoms with van der Waals surface area (Å²) in [5.41, 5.74) is 6.71. The first kappa shape index (κ1) is 13.7. The van der Waals surface area contributed by atoms with Crippen LogP contribution in [0.4, 0.5) is 11.6 Å². The molecule has 1 aromatic carbocycles. The SMILES string of the molecule is CSCCC(C)Nc1nc2ccc(N)cc2c(=O)[nH]1. The number of nitrogens with one attached hydrogen (secondary N) is 2. The van der Waals surface area contributed by atoms with Crippen molar-refractivity contribution in [3.63, 3.8) is 0 Å².